The fraction of sp³-hybridized carbons (Fsp3) is 0.500. The Balaban J connectivity index is 1.89. The van der Waals surface area contributed by atoms with Crippen molar-refractivity contribution in [2.45, 2.75) is 24.3 Å². The van der Waals surface area contributed by atoms with Gasteiger partial charge in [0, 0.05) is 44.3 Å². The Hall–Kier alpha value is -1.48. The molecule has 1 fully saturated rings. The van der Waals surface area contributed by atoms with Crippen molar-refractivity contribution in [1.29, 1.82) is 0 Å². The van der Waals surface area contributed by atoms with E-state index in [9.17, 15) is 13.2 Å². The summed E-state index contributed by atoms with van der Waals surface area (Å²) in [6.07, 6.45) is 0.365. The predicted octanol–water partition coefficient (Wildman–Crippen LogP) is -0.0437. The normalized spacial score (nSPS) is 19.8. The van der Waals surface area contributed by atoms with Crippen LogP contribution in [0, 0.1) is 0 Å². The average Bonchev–Trinajstić information content (AvgIpc) is 2.46. The highest BCUT2D eigenvalue weighted by Crippen LogP contribution is 2.14. The number of benzene rings is 1. The van der Waals surface area contributed by atoms with Crippen LogP contribution in [0.4, 0.5) is 5.69 Å². The molecule has 8 heteroatoms. The SMILES string of the molecule is C[C@@H]1CNCCN1CCC(=O)Nc1cccc(S(N)(=O)=O)c1. The lowest BCUT2D eigenvalue weighted by molar-refractivity contribution is -0.116. The largest absolute Gasteiger partial charge is 0.326 e. The Morgan fingerprint density at radius 3 is 2.95 bits per heavy atom. The number of carbonyl (C=O) groups is 1. The first-order chi connectivity index (χ1) is 10.4. The third kappa shape index (κ3) is 4.77. The van der Waals surface area contributed by atoms with E-state index in [2.05, 4.69) is 22.5 Å². The Morgan fingerprint density at radius 2 is 2.27 bits per heavy atom. The summed E-state index contributed by atoms with van der Waals surface area (Å²) in [5.41, 5.74) is 0.435. The van der Waals surface area contributed by atoms with Gasteiger partial charge in [0.1, 0.15) is 0 Å². The van der Waals surface area contributed by atoms with Crippen molar-refractivity contribution in [3.05, 3.63) is 24.3 Å². The Kier molecular flexibility index (Phi) is 5.52. The van der Waals surface area contributed by atoms with E-state index in [4.69, 9.17) is 5.14 Å². The molecule has 1 aliphatic heterocycles. The summed E-state index contributed by atoms with van der Waals surface area (Å²) in [5.74, 6) is -0.141. The molecule has 1 aromatic carbocycles. The Labute approximate surface area is 130 Å². The highest BCUT2D eigenvalue weighted by atomic mass is 32.2. The summed E-state index contributed by atoms with van der Waals surface area (Å²) in [4.78, 5) is 14.2. The van der Waals surface area contributed by atoms with Crippen LogP contribution >= 0.6 is 0 Å². The molecule has 0 unspecified atom stereocenters. The molecule has 0 bridgehead atoms. The summed E-state index contributed by atoms with van der Waals surface area (Å²) in [7, 11) is -3.76. The van der Waals surface area contributed by atoms with E-state index in [1.165, 1.54) is 12.1 Å². The maximum absolute atomic E-state index is 12.0. The molecule has 7 nitrogen and oxygen atoms in total. The molecule has 0 radical (unpaired) electrons. The molecule has 1 saturated heterocycles. The predicted molar refractivity (Wildman–Crippen MR) is 85.0 cm³/mol. The Morgan fingerprint density at radius 1 is 1.50 bits per heavy atom. The maximum atomic E-state index is 12.0. The molecule has 1 amide bonds. The lowest BCUT2D eigenvalue weighted by Crippen LogP contribution is -2.50. The highest BCUT2D eigenvalue weighted by molar-refractivity contribution is 7.89. The van der Waals surface area contributed by atoms with Gasteiger partial charge in [-0.3, -0.25) is 9.69 Å². The minimum absolute atomic E-state index is 0.0129. The zero-order valence-electron chi connectivity index (χ0n) is 12.6. The van der Waals surface area contributed by atoms with Gasteiger partial charge >= 0.3 is 0 Å². The maximum Gasteiger partial charge on any atom is 0.238 e. The van der Waals surface area contributed by atoms with Gasteiger partial charge in [-0.15, -0.1) is 0 Å². The number of rotatable bonds is 5. The highest BCUT2D eigenvalue weighted by Gasteiger charge is 2.18. The molecule has 1 aliphatic rings. The average molecular weight is 326 g/mol. The molecule has 4 N–H and O–H groups in total. The summed E-state index contributed by atoms with van der Waals surface area (Å²) in [5, 5.41) is 11.1. The van der Waals surface area contributed by atoms with Gasteiger partial charge in [0.2, 0.25) is 15.9 Å². The number of nitrogens with one attached hydrogen (secondary N) is 2. The van der Waals surface area contributed by atoms with E-state index in [1.807, 2.05) is 0 Å². The van der Waals surface area contributed by atoms with Crippen molar-refractivity contribution < 1.29 is 13.2 Å². The van der Waals surface area contributed by atoms with E-state index in [0.29, 0.717) is 24.7 Å². The van der Waals surface area contributed by atoms with Crippen molar-refractivity contribution in [3.8, 4) is 0 Å². The summed E-state index contributed by atoms with van der Waals surface area (Å²) < 4.78 is 22.6. The van der Waals surface area contributed by atoms with Crippen LogP contribution in [0.25, 0.3) is 0 Å². The first-order valence-electron chi connectivity index (χ1n) is 7.24. The van der Waals surface area contributed by atoms with Crippen LogP contribution in [0.5, 0.6) is 0 Å². The van der Waals surface area contributed by atoms with Crippen LogP contribution in [0.1, 0.15) is 13.3 Å². The molecule has 22 heavy (non-hydrogen) atoms. The quantitative estimate of drug-likeness (QED) is 0.704. The van der Waals surface area contributed by atoms with Crippen molar-refractivity contribution in [1.82, 2.24) is 10.2 Å². The molecule has 1 heterocycles. The minimum Gasteiger partial charge on any atom is -0.326 e. The molecule has 0 saturated carbocycles. The van der Waals surface area contributed by atoms with Crippen molar-refractivity contribution >= 4 is 21.6 Å². The fourth-order valence-corrected chi connectivity index (χ4v) is 2.99. The van der Waals surface area contributed by atoms with Gasteiger partial charge in [0.25, 0.3) is 0 Å². The Bertz CT molecular complexity index is 633. The van der Waals surface area contributed by atoms with Gasteiger partial charge in [-0.25, -0.2) is 13.6 Å². The second-order valence-electron chi connectivity index (χ2n) is 5.46. The molecule has 122 valence electrons. The number of carbonyl (C=O) groups excluding carboxylic acids is 1. The molecule has 1 aromatic rings. The van der Waals surface area contributed by atoms with Crippen LogP contribution < -0.4 is 15.8 Å². The standard InChI is InChI=1S/C14H22N4O3S/c1-11-10-16-6-8-18(11)7-5-14(19)17-12-3-2-4-13(9-12)22(15,20)21/h2-4,9,11,16H,5-8,10H2,1H3,(H,17,19)(H2,15,20,21)/t11-/m1/s1. The first-order valence-corrected chi connectivity index (χ1v) is 8.78. The van der Waals surface area contributed by atoms with E-state index < -0.39 is 10.0 Å². The molecular weight excluding hydrogens is 304 g/mol. The lowest BCUT2D eigenvalue weighted by Gasteiger charge is -2.33. The molecule has 2 rings (SSSR count). The number of amides is 1. The van der Waals surface area contributed by atoms with Crippen molar-refractivity contribution in [3.63, 3.8) is 0 Å². The van der Waals surface area contributed by atoms with Crippen molar-refractivity contribution in [2.24, 2.45) is 5.14 Å². The van der Waals surface area contributed by atoms with Crippen LogP contribution in [-0.4, -0.2) is 51.4 Å². The number of hydrogen-bond acceptors (Lipinski definition) is 5. The van der Waals surface area contributed by atoms with E-state index in [-0.39, 0.29) is 10.8 Å². The van der Waals surface area contributed by atoms with Gasteiger partial charge in [-0.1, -0.05) is 6.07 Å². The number of sulfonamides is 1. The van der Waals surface area contributed by atoms with E-state index in [0.717, 1.165) is 19.6 Å². The van der Waals surface area contributed by atoms with Gasteiger partial charge in [-0.05, 0) is 25.1 Å². The number of nitrogens with zero attached hydrogens (tertiary/aromatic N) is 1. The van der Waals surface area contributed by atoms with Crippen LogP contribution in [0.2, 0.25) is 0 Å². The number of primary sulfonamides is 1. The third-order valence-corrected chi connectivity index (χ3v) is 4.62. The monoisotopic (exact) mass is 326 g/mol. The van der Waals surface area contributed by atoms with E-state index in [1.54, 1.807) is 12.1 Å². The summed E-state index contributed by atoms with van der Waals surface area (Å²) in [6.45, 7) is 5.60. The van der Waals surface area contributed by atoms with Gasteiger partial charge < -0.3 is 10.6 Å². The summed E-state index contributed by atoms with van der Waals surface area (Å²) in [6, 6.07) is 6.36. The number of nitrogens with two attached hydrogens (primary N) is 1. The van der Waals surface area contributed by atoms with Crippen LogP contribution in [-0.2, 0) is 14.8 Å². The minimum atomic E-state index is -3.76. The van der Waals surface area contributed by atoms with Crippen molar-refractivity contribution in [2.75, 3.05) is 31.5 Å². The van der Waals surface area contributed by atoms with Crippen LogP contribution in [0.15, 0.2) is 29.2 Å². The van der Waals surface area contributed by atoms with Crippen LogP contribution in [0.3, 0.4) is 0 Å². The zero-order chi connectivity index (χ0) is 16.2. The number of piperazine rings is 1. The molecule has 1 atom stereocenters. The van der Waals surface area contributed by atoms with Gasteiger partial charge in [-0.2, -0.15) is 0 Å². The lowest BCUT2D eigenvalue weighted by atomic mass is 10.2. The van der Waals surface area contributed by atoms with Gasteiger partial charge in [0.15, 0.2) is 0 Å². The number of hydrogen-bond donors (Lipinski definition) is 3. The summed E-state index contributed by atoms with van der Waals surface area (Å²) >= 11 is 0. The third-order valence-electron chi connectivity index (χ3n) is 3.71. The number of anilines is 1. The zero-order valence-corrected chi connectivity index (χ0v) is 13.4. The molecule has 0 spiro atoms. The molecule has 0 aliphatic carbocycles. The van der Waals surface area contributed by atoms with E-state index >= 15 is 0 Å². The molecular formula is C14H22N4O3S. The smallest absolute Gasteiger partial charge is 0.238 e. The fourth-order valence-electron chi connectivity index (χ4n) is 2.43. The first kappa shape index (κ1) is 16.9. The van der Waals surface area contributed by atoms with Gasteiger partial charge in [0.05, 0.1) is 4.90 Å². The second-order valence-corrected chi connectivity index (χ2v) is 7.02. The molecule has 0 aromatic heterocycles. The second kappa shape index (κ2) is 7.19. The topological polar surface area (TPSA) is 105 Å².